The minimum Gasteiger partial charge on any atom is -0.465 e. The molecule has 3 saturated carbocycles. The molecule has 2 bridgehead atoms. The monoisotopic (exact) mass is 227 g/mol. The molecule has 16 heavy (non-hydrogen) atoms. The Morgan fingerprint density at radius 1 is 1.31 bits per heavy atom. The molecule has 1 amide bonds. The van der Waals surface area contributed by atoms with Crippen LogP contribution >= 0.6 is 0 Å². The maximum Gasteiger partial charge on any atom is 0.404 e. The van der Waals surface area contributed by atoms with Gasteiger partial charge in [0, 0.05) is 0 Å². The van der Waals surface area contributed by atoms with Crippen molar-refractivity contribution in [2.45, 2.75) is 51.0 Å². The maximum absolute atomic E-state index is 10.6. The first-order valence-electron chi connectivity index (χ1n) is 6.24. The van der Waals surface area contributed by atoms with Crippen LogP contribution in [0.3, 0.4) is 0 Å². The highest BCUT2D eigenvalue weighted by atomic mass is 16.4. The zero-order valence-electron chi connectivity index (χ0n) is 9.61. The number of aliphatic hydroxyl groups is 1. The topological polar surface area (TPSA) is 69.6 Å². The van der Waals surface area contributed by atoms with Crippen LogP contribution in [0.25, 0.3) is 0 Å². The number of aliphatic hydroxyl groups excluding tert-OH is 1. The summed E-state index contributed by atoms with van der Waals surface area (Å²) < 4.78 is 0. The Morgan fingerprint density at radius 3 is 2.31 bits per heavy atom. The fourth-order valence-corrected chi connectivity index (χ4v) is 3.50. The highest BCUT2D eigenvalue weighted by Crippen LogP contribution is 2.52. The van der Waals surface area contributed by atoms with Gasteiger partial charge in [0.2, 0.25) is 0 Å². The molecule has 92 valence electrons. The molecule has 3 fully saturated rings. The Labute approximate surface area is 96.0 Å². The van der Waals surface area contributed by atoms with Crippen LogP contribution in [0, 0.1) is 11.3 Å². The van der Waals surface area contributed by atoms with E-state index in [0.717, 1.165) is 12.3 Å². The van der Waals surface area contributed by atoms with Gasteiger partial charge in [-0.3, -0.25) is 0 Å². The highest BCUT2D eigenvalue weighted by molar-refractivity contribution is 5.64. The fourth-order valence-electron chi connectivity index (χ4n) is 3.50. The normalized spacial score (nSPS) is 34.7. The molecule has 3 aliphatic rings. The molecule has 0 saturated heterocycles. The third kappa shape index (κ3) is 2.48. The Bertz CT molecular complexity index is 245. The largest absolute Gasteiger partial charge is 0.465 e. The van der Waals surface area contributed by atoms with Crippen LogP contribution in [0.15, 0.2) is 0 Å². The zero-order valence-corrected chi connectivity index (χ0v) is 9.61. The molecule has 3 rings (SSSR count). The van der Waals surface area contributed by atoms with Gasteiger partial charge in [0.05, 0.1) is 12.6 Å². The molecule has 0 spiro atoms. The van der Waals surface area contributed by atoms with E-state index in [9.17, 15) is 9.90 Å². The summed E-state index contributed by atoms with van der Waals surface area (Å²) in [6, 6.07) is -0.285. The summed E-state index contributed by atoms with van der Waals surface area (Å²) >= 11 is 0. The van der Waals surface area contributed by atoms with Gasteiger partial charge in [-0.15, -0.1) is 0 Å². The predicted molar refractivity (Wildman–Crippen MR) is 60.3 cm³/mol. The van der Waals surface area contributed by atoms with Crippen molar-refractivity contribution in [3.63, 3.8) is 0 Å². The Hall–Kier alpha value is -0.770. The molecule has 1 atom stereocenters. The molecule has 0 aromatic rings. The molecule has 0 aromatic carbocycles. The standard InChI is InChI=1S/C12H21NO3/c14-8-10(13-11(15)16)7-12-4-1-9(2-5-12)3-6-12/h9-10,13-14H,1-8H2,(H,15,16). The molecule has 0 heterocycles. The van der Waals surface area contributed by atoms with Gasteiger partial charge in [-0.2, -0.15) is 0 Å². The SMILES string of the molecule is O=C(O)NC(CO)CC12CCC(CC1)CC2. The summed E-state index contributed by atoms with van der Waals surface area (Å²) in [5.41, 5.74) is 0.310. The summed E-state index contributed by atoms with van der Waals surface area (Å²) in [6.07, 6.45) is 7.32. The van der Waals surface area contributed by atoms with Crippen molar-refractivity contribution in [3.8, 4) is 0 Å². The lowest BCUT2D eigenvalue weighted by atomic mass is 9.58. The van der Waals surface area contributed by atoms with Gasteiger partial charge < -0.3 is 15.5 Å². The molecule has 0 radical (unpaired) electrons. The van der Waals surface area contributed by atoms with Crippen molar-refractivity contribution < 1.29 is 15.0 Å². The number of rotatable bonds is 4. The molecule has 3 N–H and O–H groups in total. The van der Waals surface area contributed by atoms with E-state index < -0.39 is 6.09 Å². The number of amides is 1. The van der Waals surface area contributed by atoms with Crippen molar-refractivity contribution >= 4 is 6.09 Å². The second-order valence-corrected chi connectivity index (χ2v) is 5.52. The minimum atomic E-state index is -1.03. The van der Waals surface area contributed by atoms with E-state index in [1.54, 1.807) is 0 Å². The second kappa shape index (κ2) is 4.62. The quantitative estimate of drug-likeness (QED) is 0.687. The second-order valence-electron chi connectivity index (χ2n) is 5.52. The summed E-state index contributed by atoms with van der Waals surface area (Å²) in [6.45, 7) is -0.0858. The van der Waals surface area contributed by atoms with Crippen molar-refractivity contribution in [2.24, 2.45) is 11.3 Å². The molecular weight excluding hydrogens is 206 g/mol. The Balaban J connectivity index is 1.93. The highest BCUT2D eigenvalue weighted by Gasteiger charge is 2.41. The van der Waals surface area contributed by atoms with Crippen LogP contribution in [-0.4, -0.2) is 29.0 Å². The Kier molecular flexibility index (Phi) is 3.38. The molecular formula is C12H21NO3. The van der Waals surface area contributed by atoms with Crippen molar-refractivity contribution in [2.75, 3.05) is 6.61 Å². The van der Waals surface area contributed by atoms with Crippen molar-refractivity contribution in [1.29, 1.82) is 0 Å². The van der Waals surface area contributed by atoms with Gasteiger partial charge in [-0.05, 0) is 56.3 Å². The fraction of sp³-hybridized carbons (Fsp3) is 0.917. The smallest absolute Gasteiger partial charge is 0.404 e. The third-order valence-electron chi connectivity index (χ3n) is 4.48. The third-order valence-corrected chi connectivity index (χ3v) is 4.48. The van der Waals surface area contributed by atoms with Gasteiger partial charge in [0.15, 0.2) is 0 Å². The summed E-state index contributed by atoms with van der Waals surface area (Å²) in [7, 11) is 0. The lowest BCUT2D eigenvalue weighted by Gasteiger charge is -2.48. The van der Waals surface area contributed by atoms with E-state index in [-0.39, 0.29) is 12.6 Å². The van der Waals surface area contributed by atoms with E-state index in [1.165, 1.54) is 38.5 Å². The minimum absolute atomic E-state index is 0.0858. The molecule has 0 aromatic heterocycles. The first-order valence-corrected chi connectivity index (χ1v) is 6.24. The summed E-state index contributed by atoms with van der Waals surface area (Å²) in [4.78, 5) is 10.6. The van der Waals surface area contributed by atoms with Crippen LogP contribution in [0.5, 0.6) is 0 Å². The van der Waals surface area contributed by atoms with Gasteiger partial charge in [0.25, 0.3) is 0 Å². The summed E-state index contributed by atoms with van der Waals surface area (Å²) in [5, 5.41) is 20.3. The number of nitrogens with one attached hydrogen (secondary N) is 1. The van der Waals surface area contributed by atoms with E-state index >= 15 is 0 Å². The number of hydrogen-bond donors (Lipinski definition) is 3. The van der Waals surface area contributed by atoms with Crippen LogP contribution in [0.2, 0.25) is 0 Å². The van der Waals surface area contributed by atoms with E-state index in [1.807, 2.05) is 0 Å². The lowest BCUT2D eigenvalue weighted by molar-refractivity contribution is 0.0385. The number of carboxylic acid groups (broad SMARTS) is 1. The number of fused-ring (bicyclic) bond motifs is 3. The molecule has 4 nitrogen and oxygen atoms in total. The predicted octanol–water partition coefficient (Wildman–Crippen LogP) is 1.98. The van der Waals surface area contributed by atoms with Crippen LogP contribution in [0.1, 0.15) is 44.9 Å². The molecule has 4 heteroatoms. The number of carbonyl (C=O) groups is 1. The first-order chi connectivity index (χ1) is 7.63. The molecule has 0 aliphatic heterocycles. The van der Waals surface area contributed by atoms with Crippen molar-refractivity contribution in [3.05, 3.63) is 0 Å². The average molecular weight is 227 g/mol. The number of hydrogen-bond acceptors (Lipinski definition) is 2. The van der Waals surface area contributed by atoms with Crippen LogP contribution in [0.4, 0.5) is 4.79 Å². The van der Waals surface area contributed by atoms with Gasteiger partial charge >= 0.3 is 6.09 Å². The van der Waals surface area contributed by atoms with Crippen molar-refractivity contribution in [1.82, 2.24) is 5.32 Å². The van der Waals surface area contributed by atoms with Gasteiger partial charge in [-0.1, -0.05) is 0 Å². The van der Waals surface area contributed by atoms with Gasteiger partial charge in [0.1, 0.15) is 0 Å². The first kappa shape index (κ1) is 11.7. The molecule has 3 aliphatic carbocycles. The van der Waals surface area contributed by atoms with Crippen LogP contribution in [-0.2, 0) is 0 Å². The van der Waals surface area contributed by atoms with E-state index in [4.69, 9.17) is 5.11 Å². The summed E-state index contributed by atoms with van der Waals surface area (Å²) in [5.74, 6) is 0.918. The van der Waals surface area contributed by atoms with Crippen LogP contribution < -0.4 is 5.32 Å². The average Bonchev–Trinajstić information content (AvgIpc) is 2.29. The van der Waals surface area contributed by atoms with E-state index in [2.05, 4.69) is 5.32 Å². The van der Waals surface area contributed by atoms with E-state index in [0.29, 0.717) is 5.41 Å². The Morgan fingerprint density at radius 2 is 1.88 bits per heavy atom. The zero-order chi connectivity index (χ0) is 11.6. The maximum atomic E-state index is 10.6. The lowest BCUT2D eigenvalue weighted by Crippen LogP contribution is -2.44. The van der Waals surface area contributed by atoms with Gasteiger partial charge in [-0.25, -0.2) is 4.79 Å². The molecule has 1 unspecified atom stereocenters.